The van der Waals surface area contributed by atoms with Crippen LogP contribution in [-0.4, -0.2) is 189 Å². The number of aromatic amines is 1. The maximum atomic E-state index is 13.5. The Morgan fingerprint density at radius 2 is 0.858 bits per heavy atom. The lowest BCUT2D eigenvalue weighted by atomic mass is 9.92. The molecular formula is C71H88Br4ClN5O21S4. The Balaban J connectivity index is 0.000000161. The summed E-state index contributed by atoms with van der Waals surface area (Å²) in [6.45, 7) is 15.1. The number of carboxylic acid groups (broad SMARTS) is 1. The summed E-state index contributed by atoms with van der Waals surface area (Å²) in [5.41, 5.74) is 8.32. The van der Waals surface area contributed by atoms with Gasteiger partial charge in [-0.2, -0.15) is 0 Å². The standard InChI is InChI=1S/C24H29BrN2O6S.C16H20BrNO5S.C15H18BrNO5S.C11H12BrNO2.C5H9ClO3S/c1-14-13-27(34(30,31)17-6-8-33-9-7-17)20-12-16(25)11-19(23(14)20)21(28)5-4-18-22(32-3)10-15(2)26-24(18)29;1-10-9-18(24(20,21)12-3-5-23-6-4-12)14-8-11(17)7-13(15(10)14)16(19)22-2;1-9-8-17(23(20,21)11-2-4-22-5-3-11)13-7-10(16)6-12(14(9)13)15(18)19;1-6-5-13-9-4-7(12)3-8(10(6)9)11(14)15-2;6-10(7,8)5-1-3-9-4-2-5/h10-12,14,17H,4-9,13H2,1-3H3,(H,26,29);7-8,10,12H,3-6,9H2,1-2H3;6-7,9,11H,2-5,8H2,1H3,(H,18,19);3-4,6,13H,5H2,1-2H3;5H,1-4H2. The highest BCUT2D eigenvalue weighted by Crippen LogP contribution is 2.47. The minimum absolute atomic E-state index is 0.0724. The molecule has 4 atom stereocenters. The zero-order chi connectivity index (χ0) is 77.5. The van der Waals surface area contributed by atoms with Gasteiger partial charge in [-0.3, -0.25) is 22.5 Å². The van der Waals surface area contributed by atoms with Crippen LogP contribution in [0.2, 0.25) is 0 Å². The van der Waals surface area contributed by atoms with Gasteiger partial charge in [-0.05, 0) is 142 Å². The number of anilines is 4. The van der Waals surface area contributed by atoms with Crippen LogP contribution >= 0.6 is 74.4 Å². The van der Waals surface area contributed by atoms with Crippen LogP contribution in [0.4, 0.5) is 22.7 Å². The Labute approximate surface area is 657 Å². The molecule has 9 heterocycles. The van der Waals surface area contributed by atoms with E-state index in [4.69, 9.17) is 43.8 Å². The van der Waals surface area contributed by atoms with E-state index in [0.29, 0.717) is 193 Å². The second-order valence-electron chi connectivity index (χ2n) is 27.0. The summed E-state index contributed by atoms with van der Waals surface area (Å²) in [6, 6.07) is 15.7. The van der Waals surface area contributed by atoms with E-state index in [1.54, 1.807) is 43.3 Å². The normalized spacial score (nSPS) is 20.4. The molecule has 3 N–H and O–H groups in total. The lowest BCUT2D eigenvalue weighted by Crippen LogP contribution is -2.40. The van der Waals surface area contributed by atoms with Crippen molar-refractivity contribution in [3.63, 3.8) is 0 Å². The van der Waals surface area contributed by atoms with Crippen LogP contribution in [0.3, 0.4) is 0 Å². The fraction of sp³-hybridized carbons (Fsp3) is 0.535. The molecule has 8 aliphatic heterocycles. The number of nitrogens with zero attached hydrogens (tertiary/aromatic N) is 3. The molecule has 4 saturated heterocycles. The number of carboxylic acids is 1. The van der Waals surface area contributed by atoms with E-state index in [2.05, 4.69) is 80.9 Å². The number of fused-ring (bicyclic) bond motifs is 4. The Hall–Kier alpha value is -5.24. The number of ketones is 1. The molecule has 0 bridgehead atoms. The van der Waals surface area contributed by atoms with Crippen molar-refractivity contribution in [1.29, 1.82) is 0 Å². The van der Waals surface area contributed by atoms with Gasteiger partial charge >= 0.3 is 17.9 Å². The van der Waals surface area contributed by atoms with E-state index >= 15 is 0 Å². The maximum Gasteiger partial charge on any atom is 0.338 e. The van der Waals surface area contributed by atoms with Crippen LogP contribution in [0, 0.1) is 6.92 Å². The van der Waals surface area contributed by atoms with Gasteiger partial charge < -0.3 is 48.6 Å². The molecule has 0 saturated carbocycles. The highest BCUT2D eigenvalue weighted by molar-refractivity contribution is 9.11. The minimum Gasteiger partial charge on any atom is -0.496 e. The summed E-state index contributed by atoms with van der Waals surface area (Å²) in [6.07, 6.45) is 4.27. The van der Waals surface area contributed by atoms with Gasteiger partial charge in [0.1, 0.15) is 5.75 Å². The topological polar surface area (TPSA) is 344 Å². The summed E-state index contributed by atoms with van der Waals surface area (Å²) in [5.74, 6) is -1.47. The maximum absolute atomic E-state index is 13.5. The largest absolute Gasteiger partial charge is 0.496 e. The Bertz CT molecular complexity index is 4650. The highest BCUT2D eigenvalue weighted by Gasteiger charge is 2.45. The number of ether oxygens (including phenoxy) is 7. The average Bonchev–Trinajstić information content (AvgIpc) is 1.60. The second kappa shape index (κ2) is 36.3. The van der Waals surface area contributed by atoms with Crippen LogP contribution in [-0.2, 0) is 74.0 Å². The lowest BCUT2D eigenvalue weighted by Gasteiger charge is -2.29. The number of aromatic nitrogens is 1. The number of aromatic carboxylic acids is 1. The van der Waals surface area contributed by atoms with E-state index in [1.807, 2.05) is 32.9 Å². The van der Waals surface area contributed by atoms with E-state index in [9.17, 15) is 62.8 Å². The molecule has 582 valence electrons. The van der Waals surface area contributed by atoms with Crippen molar-refractivity contribution in [3.8, 4) is 5.75 Å². The van der Waals surface area contributed by atoms with Gasteiger partial charge in [0.05, 0.1) is 81.6 Å². The number of esters is 2. The first-order valence-electron chi connectivity index (χ1n) is 34.6. The number of aryl methyl sites for hydroxylation is 1. The number of sulfonamides is 3. The van der Waals surface area contributed by atoms with Crippen LogP contribution < -0.4 is 28.5 Å². The average molecular weight is 1830 g/mol. The molecule has 0 amide bonds. The Morgan fingerprint density at radius 3 is 1.23 bits per heavy atom. The van der Waals surface area contributed by atoms with Gasteiger partial charge in [0.15, 0.2) is 5.78 Å². The number of carbonyl (C=O) groups excluding carboxylic acids is 3. The predicted molar refractivity (Wildman–Crippen MR) is 418 cm³/mol. The molecule has 35 heteroatoms. The Kier molecular flexibility index (Phi) is 29.0. The number of carbonyl (C=O) groups is 4. The molecule has 4 fully saturated rings. The third kappa shape index (κ3) is 19.4. The van der Waals surface area contributed by atoms with Crippen molar-refractivity contribution in [2.24, 2.45) is 0 Å². The lowest BCUT2D eigenvalue weighted by molar-refractivity contribution is 0.0590. The number of rotatable bonds is 15. The van der Waals surface area contributed by atoms with Gasteiger partial charge in [0, 0.05) is 155 Å². The van der Waals surface area contributed by atoms with Gasteiger partial charge in [-0.15, -0.1) is 0 Å². The minimum atomic E-state index is -3.58. The van der Waals surface area contributed by atoms with Gasteiger partial charge in [0.2, 0.25) is 39.1 Å². The van der Waals surface area contributed by atoms with Crippen LogP contribution in [0.15, 0.2) is 77.3 Å². The monoisotopic (exact) mass is 1830 g/mol. The molecule has 0 radical (unpaired) electrons. The summed E-state index contributed by atoms with van der Waals surface area (Å²) in [4.78, 5) is 63.7. The van der Waals surface area contributed by atoms with E-state index < -0.39 is 66.8 Å². The van der Waals surface area contributed by atoms with Crippen molar-refractivity contribution < 1.29 is 91.1 Å². The summed E-state index contributed by atoms with van der Waals surface area (Å²) >= 11 is 13.5. The molecule has 1 aromatic heterocycles. The molecule has 8 aliphatic rings. The molecule has 26 nitrogen and oxygen atoms in total. The second-order valence-corrected chi connectivity index (χ2v) is 40.0. The van der Waals surface area contributed by atoms with Crippen LogP contribution in [0.25, 0.3) is 0 Å². The number of benzene rings is 4. The quantitative estimate of drug-likeness (QED) is 0.0498. The van der Waals surface area contributed by atoms with Crippen molar-refractivity contribution in [2.45, 2.75) is 143 Å². The van der Waals surface area contributed by atoms with Crippen molar-refractivity contribution >= 4 is 160 Å². The number of hydrogen-bond donors (Lipinski definition) is 3. The zero-order valence-corrected chi connectivity index (χ0v) is 70.2. The van der Waals surface area contributed by atoms with Gasteiger partial charge in [-0.1, -0.05) is 91.4 Å². The molecule has 4 unspecified atom stereocenters. The van der Waals surface area contributed by atoms with Crippen molar-refractivity contribution in [2.75, 3.05) is 119 Å². The first kappa shape index (κ1) is 84.8. The van der Waals surface area contributed by atoms with Crippen molar-refractivity contribution in [3.05, 3.63) is 139 Å². The fourth-order valence-electron chi connectivity index (χ4n) is 14.5. The summed E-state index contributed by atoms with van der Waals surface area (Å²) < 4.78 is 143. The number of halogens is 5. The van der Waals surface area contributed by atoms with Gasteiger partial charge in [0.25, 0.3) is 5.56 Å². The predicted octanol–water partition coefficient (Wildman–Crippen LogP) is 12.4. The van der Waals surface area contributed by atoms with E-state index in [-0.39, 0.29) is 65.3 Å². The van der Waals surface area contributed by atoms with Crippen LogP contribution in [0.1, 0.15) is 184 Å². The third-order valence-corrected chi connectivity index (χ3v) is 30.5. The third-order valence-electron chi connectivity index (χ3n) is 19.9. The molecular weight excluding hydrogens is 1740 g/mol. The van der Waals surface area contributed by atoms with E-state index in [1.165, 1.54) is 40.3 Å². The number of nitrogens with one attached hydrogen (secondary N) is 2. The number of methoxy groups -OCH3 is 3. The number of Topliss-reactive ketones (excluding diaryl/α,β-unsaturated/α-hetero) is 1. The fourth-order valence-corrected chi connectivity index (χ4v) is 23.6. The first-order valence-corrected chi connectivity index (χ1v) is 44.7. The molecule has 5 aromatic rings. The smallest absolute Gasteiger partial charge is 0.338 e. The highest BCUT2D eigenvalue weighted by atomic mass is 79.9. The molecule has 13 rings (SSSR count). The number of H-pyrrole nitrogens is 1. The number of pyridine rings is 1. The molecule has 0 aliphatic carbocycles. The first-order chi connectivity index (χ1) is 50.0. The van der Waals surface area contributed by atoms with Crippen LogP contribution in [0.5, 0.6) is 5.75 Å². The molecule has 0 spiro atoms. The van der Waals surface area contributed by atoms with Gasteiger partial charge in [-0.25, -0.2) is 48.1 Å². The van der Waals surface area contributed by atoms with E-state index in [0.717, 1.165) is 33.4 Å². The Morgan fingerprint density at radius 1 is 0.509 bits per heavy atom. The summed E-state index contributed by atoms with van der Waals surface area (Å²) in [5, 5.41) is 10.9. The summed E-state index contributed by atoms with van der Waals surface area (Å²) in [7, 11) is -4.58. The number of hydrogen-bond acceptors (Lipinski definition) is 21. The van der Waals surface area contributed by atoms with Crippen molar-refractivity contribution in [1.82, 2.24) is 4.98 Å². The molecule has 4 aromatic carbocycles. The SMILES string of the molecule is CC1CN(S(=O)(=O)C2CCOCC2)c2cc(Br)cc(C(=O)O)c21.COC(=O)c1cc(Br)cc2c1C(C)CN2.COC(=O)c1cc(Br)cc2c1C(C)CN2S(=O)(=O)C1CCOCC1.COc1cc(C)[nH]c(=O)c1CCC(=O)c1cc(Br)cc2c1C(C)CN2S(=O)(=O)C1CCOCC1.O=S(=O)(Cl)C1CCOCC1. The molecule has 106 heavy (non-hydrogen) atoms. The zero-order valence-electron chi connectivity index (χ0n) is 59.8.